The summed E-state index contributed by atoms with van der Waals surface area (Å²) < 4.78 is 16.2. The monoisotopic (exact) mass is 384 g/mol. The Balaban J connectivity index is 1.75. The molecule has 0 saturated carbocycles. The molecule has 0 spiro atoms. The first-order valence-electron chi connectivity index (χ1n) is 8.96. The highest BCUT2D eigenvalue weighted by Gasteiger charge is 2.33. The van der Waals surface area contributed by atoms with Crippen LogP contribution in [0.2, 0.25) is 0 Å². The van der Waals surface area contributed by atoms with Crippen molar-refractivity contribution in [2.45, 2.75) is 19.6 Å². The Morgan fingerprint density at radius 1 is 1.18 bits per heavy atom. The van der Waals surface area contributed by atoms with Crippen LogP contribution in [0, 0.1) is 0 Å². The van der Waals surface area contributed by atoms with Crippen LogP contribution in [0.3, 0.4) is 0 Å². The summed E-state index contributed by atoms with van der Waals surface area (Å²) in [7, 11) is 4.86. The van der Waals surface area contributed by atoms with Crippen LogP contribution in [0.15, 0.2) is 42.5 Å². The average Bonchev–Trinajstić information content (AvgIpc) is 2.71. The quantitative estimate of drug-likeness (QED) is 0.765. The van der Waals surface area contributed by atoms with E-state index in [2.05, 4.69) is 0 Å². The van der Waals surface area contributed by atoms with Gasteiger partial charge in [-0.05, 0) is 31.2 Å². The molecule has 2 aromatic carbocycles. The molecule has 7 heteroatoms. The first-order valence-corrected chi connectivity index (χ1v) is 8.96. The molecule has 2 aromatic rings. The minimum Gasteiger partial charge on any atom is -0.497 e. The van der Waals surface area contributed by atoms with Gasteiger partial charge in [-0.1, -0.05) is 12.1 Å². The maximum atomic E-state index is 12.8. The normalized spacial score (nSPS) is 15.5. The van der Waals surface area contributed by atoms with Gasteiger partial charge in [0.2, 0.25) is 5.91 Å². The first kappa shape index (κ1) is 19.5. The third-order valence-corrected chi connectivity index (χ3v) is 4.69. The Morgan fingerprint density at radius 2 is 1.93 bits per heavy atom. The Bertz CT molecular complexity index is 883. The van der Waals surface area contributed by atoms with Crippen molar-refractivity contribution in [3.8, 4) is 17.2 Å². The van der Waals surface area contributed by atoms with E-state index < -0.39 is 6.10 Å². The van der Waals surface area contributed by atoms with E-state index in [1.807, 2.05) is 24.3 Å². The molecule has 0 radical (unpaired) electrons. The average molecular weight is 384 g/mol. The standard InChI is InChI=1S/C21H24N2O5/c1-14-21(25)23(17-7-5-6-8-18(17)28-14)13-20(24)22(2)12-15-9-10-16(26-3)11-19(15)27-4/h5-11,14H,12-13H2,1-4H3. The van der Waals surface area contributed by atoms with Crippen molar-refractivity contribution in [2.24, 2.45) is 0 Å². The molecule has 1 unspecified atom stereocenters. The van der Waals surface area contributed by atoms with Crippen LogP contribution in [-0.2, 0) is 16.1 Å². The van der Waals surface area contributed by atoms with Crippen LogP contribution >= 0.6 is 0 Å². The van der Waals surface area contributed by atoms with Crippen LogP contribution in [0.25, 0.3) is 0 Å². The Kier molecular flexibility index (Phi) is 5.73. The molecular formula is C21H24N2O5. The molecule has 2 amide bonds. The summed E-state index contributed by atoms with van der Waals surface area (Å²) in [5.74, 6) is 1.50. The highest BCUT2D eigenvalue weighted by Crippen LogP contribution is 2.33. The van der Waals surface area contributed by atoms with Gasteiger partial charge in [0.1, 0.15) is 23.8 Å². The number of anilines is 1. The highest BCUT2D eigenvalue weighted by molar-refractivity contribution is 6.03. The maximum absolute atomic E-state index is 12.8. The van der Waals surface area contributed by atoms with Gasteiger partial charge in [-0.15, -0.1) is 0 Å². The molecule has 1 aliphatic rings. The molecule has 0 aromatic heterocycles. The van der Waals surface area contributed by atoms with E-state index in [0.717, 1.165) is 5.56 Å². The summed E-state index contributed by atoms with van der Waals surface area (Å²) in [5.41, 5.74) is 1.45. The molecule has 7 nitrogen and oxygen atoms in total. The number of hydrogen-bond acceptors (Lipinski definition) is 5. The van der Waals surface area contributed by atoms with Crippen molar-refractivity contribution in [3.63, 3.8) is 0 Å². The number of ether oxygens (including phenoxy) is 3. The van der Waals surface area contributed by atoms with Gasteiger partial charge in [0.05, 0.1) is 19.9 Å². The molecule has 28 heavy (non-hydrogen) atoms. The third kappa shape index (κ3) is 3.88. The largest absolute Gasteiger partial charge is 0.497 e. The fraction of sp³-hybridized carbons (Fsp3) is 0.333. The summed E-state index contributed by atoms with van der Waals surface area (Å²) in [6.07, 6.45) is -0.630. The number of benzene rings is 2. The van der Waals surface area contributed by atoms with Gasteiger partial charge in [0, 0.05) is 25.2 Å². The van der Waals surface area contributed by atoms with Gasteiger partial charge in [-0.25, -0.2) is 0 Å². The van der Waals surface area contributed by atoms with Crippen LogP contribution in [0.1, 0.15) is 12.5 Å². The van der Waals surface area contributed by atoms with Gasteiger partial charge in [0.15, 0.2) is 6.10 Å². The fourth-order valence-corrected chi connectivity index (χ4v) is 3.10. The lowest BCUT2D eigenvalue weighted by atomic mass is 10.1. The topological polar surface area (TPSA) is 68.3 Å². The fourth-order valence-electron chi connectivity index (χ4n) is 3.10. The lowest BCUT2D eigenvalue weighted by molar-refractivity contribution is -0.132. The zero-order chi connectivity index (χ0) is 20.3. The number of para-hydroxylation sites is 2. The predicted molar refractivity (Wildman–Crippen MR) is 105 cm³/mol. The SMILES string of the molecule is COc1ccc(CN(C)C(=O)CN2C(=O)C(C)Oc3ccccc32)c(OC)c1. The second-order valence-electron chi connectivity index (χ2n) is 6.58. The zero-order valence-corrected chi connectivity index (χ0v) is 16.5. The van der Waals surface area contributed by atoms with Gasteiger partial charge < -0.3 is 19.1 Å². The third-order valence-electron chi connectivity index (χ3n) is 4.69. The Hall–Kier alpha value is -3.22. The van der Waals surface area contributed by atoms with E-state index in [4.69, 9.17) is 14.2 Å². The lowest BCUT2D eigenvalue weighted by Gasteiger charge is -2.33. The van der Waals surface area contributed by atoms with Crippen molar-refractivity contribution in [1.82, 2.24) is 4.90 Å². The number of rotatable bonds is 6. The van der Waals surface area contributed by atoms with E-state index in [9.17, 15) is 9.59 Å². The van der Waals surface area contributed by atoms with E-state index in [1.54, 1.807) is 51.3 Å². The zero-order valence-electron chi connectivity index (χ0n) is 16.5. The molecule has 1 aliphatic heterocycles. The molecule has 1 atom stereocenters. The van der Waals surface area contributed by atoms with Crippen molar-refractivity contribution >= 4 is 17.5 Å². The molecular weight excluding hydrogens is 360 g/mol. The predicted octanol–water partition coefficient (Wildman–Crippen LogP) is 2.48. The summed E-state index contributed by atoms with van der Waals surface area (Å²) in [5, 5.41) is 0. The summed E-state index contributed by atoms with van der Waals surface area (Å²) >= 11 is 0. The summed E-state index contributed by atoms with van der Waals surface area (Å²) in [4.78, 5) is 28.4. The van der Waals surface area contributed by atoms with E-state index in [-0.39, 0.29) is 18.4 Å². The highest BCUT2D eigenvalue weighted by atomic mass is 16.5. The smallest absolute Gasteiger partial charge is 0.268 e. The minimum absolute atomic E-state index is 0.0570. The number of likely N-dealkylation sites (N-methyl/N-ethyl adjacent to an activating group) is 1. The molecule has 1 heterocycles. The van der Waals surface area contributed by atoms with Crippen LogP contribution in [0.4, 0.5) is 5.69 Å². The molecule has 0 N–H and O–H groups in total. The minimum atomic E-state index is -0.630. The van der Waals surface area contributed by atoms with Crippen molar-refractivity contribution in [2.75, 3.05) is 32.7 Å². The summed E-state index contributed by atoms with van der Waals surface area (Å²) in [6, 6.07) is 12.7. The number of carbonyl (C=O) groups is 2. The molecule has 0 bridgehead atoms. The van der Waals surface area contributed by atoms with E-state index in [0.29, 0.717) is 29.5 Å². The van der Waals surface area contributed by atoms with Gasteiger partial charge in [-0.2, -0.15) is 0 Å². The maximum Gasteiger partial charge on any atom is 0.268 e. The van der Waals surface area contributed by atoms with Crippen LogP contribution in [-0.4, -0.2) is 50.6 Å². The molecule has 3 rings (SSSR count). The van der Waals surface area contributed by atoms with Crippen molar-refractivity contribution < 1.29 is 23.8 Å². The molecule has 0 aliphatic carbocycles. The molecule has 0 saturated heterocycles. The first-order chi connectivity index (χ1) is 13.4. The number of fused-ring (bicyclic) bond motifs is 1. The van der Waals surface area contributed by atoms with Crippen molar-refractivity contribution in [1.29, 1.82) is 0 Å². The van der Waals surface area contributed by atoms with Crippen LogP contribution in [0.5, 0.6) is 17.2 Å². The molecule has 0 fully saturated rings. The second-order valence-corrected chi connectivity index (χ2v) is 6.58. The second kappa shape index (κ2) is 8.21. The van der Waals surface area contributed by atoms with E-state index in [1.165, 1.54) is 4.90 Å². The van der Waals surface area contributed by atoms with Crippen LogP contribution < -0.4 is 19.1 Å². The summed E-state index contributed by atoms with van der Waals surface area (Å²) in [6.45, 7) is 1.97. The number of hydrogen-bond donors (Lipinski definition) is 0. The van der Waals surface area contributed by atoms with E-state index >= 15 is 0 Å². The van der Waals surface area contributed by atoms with Gasteiger partial charge in [0.25, 0.3) is 5.91 Å². The number of nitrogens with zero attached hydrogens (tertiary/aromatic N) is 2. The Labute approximate surface area is 164 Å². The number of methoxy groups -OCH3 is 2. The molecule has 148 valence electrons. The lowest BCUT2D eigenvalue weighted by Crippen LogP contribution is -2.48. The van der Waals surface area contributed by atoms with Crippen molar-refractivity contribution in [3.05, 3.63) is 48.0 Å². The van der Waals surface area contributed by atoms with Gasteiger partial charge >= 0.3 is 0 Å². The number of amides is 2. The Morgan fingerprint density at radius 3 is 2.64 bits per heavy atom. The number of carbonyl (C=O) groups excluding carboxylic acids is 2. The van der Waals surface area contributed by atoms with Gasteiger partial charge in [-0.3, -0.25) is 14.5 Å².